The molecule has 0 aliphatic rings. The molecule has 0 aliphatic carbocycles. The van der Waals surface area contributed by atoms with Crippen molar-refractivity contribution in [1.29, 1.82) is 0 Å². The number of hydrogen-bond donors (Lipinski definition) is 1. The van der Waals surface area contributed by atoms with Crippen LogP contribution in [0.3, 0.4) is 0 Å². The fourth-order valence-electron chi connectivity index (χ4n) is 1.92. The van der Waals surface area contributed by atoms with Crippen LogP contribution in [0, 0.1) is 3.57 Å². The van der Waals surface area contributed by atoms with Gasteiger partial charge in [0.05, 0.1) is 6.04 Å². The maximum atomic E-state index is 6.35. The summed E-state index contributed by atoms with van der Waals surface area (Å²) < 4.78 is 4.33. The normalized spacial score (nSPS) is 12.7. The molecule has 1 atom stereocenters. The Labute approximate surface area is 129 Å². The Morgan fingerprint density at radius 3 is 3.00 bits per heavy atom. The van der Waals surface area contributed by atoms with Crippen molar-refractivity contribution in [3.05, 3.63) is 50.0 Å². The molecule has 2 rings (SSSR count). The Bertz CT molecular complexity index is 539. The Morgan fingerprint density at radius 2 is 2.28 bits per heavy atom. The molecule has 0 spiro atoms. The van der Waals surface area contributed by atoms with Gasteiger partial charge in [0.25, 0.3) is 0 Å². The van der Waals surface area contributed by atoms with Crippen molar-refractivity contribution in [1.82, 2.24) is 9.55 Å². The van der Waals surface area contributed by atoms with Gasteiger partial charge in [-0.25, -0.2) is 4.98 Å². The van der Waals surface area contributed by atoms with Crippen molar-refractivity contribution in [3.8, 4) is 0 Å². The van der Waals surface area contributed by atoms with Crippen LogP contribution in [-0.4, -0.2) is 9.55 Å². The molecule has 1 unspecified atom stereocenters. The predicted octanol–water partition coefficient (Wildman–Crippen LogP) is 3.71. The zero-order valence-electron chi connectivity index (χ0n) is 10.1. The van der Waals surface area contributed by atoms with Crippen LogP contribution in [0.5, 0.6) is 0 Å². The molecule has 0 amide bonds. The number of aromatic nitrogens is 2. The van der Waals surface area contributed by atoms with Crippen LogP contribution >= 0.6 is 38.5 Å². The predicted molar refractivity (Wildman–Crippen MR) is 85.4 cm³/mol. The highest BCUT2D eigenvalue weighted by atomic mass is 127. The van der Waals surface area contributed by atoms with Gasteiger partial charge in [-0.15, -0.1) is 0 Å². The zero-order valence-corrected chi connectivity index (χ0v) is 13.8. The number of imidazole rings is 1. The van der Waals surface area contributed by atoms with Crippen molar-refractivity contribution in [2.75, 3.05) is 0 Å². The third-order valence-corrected chi connectivity index (χ3v) is 4.26. The van der Waals surface area contributed by atoms with E-state index >= 15 is 0 Å². The molecule has 1 aromatic carbocycles. The smallest absolute Gasteiger partial charge is 0.130 e. The molecule has 1 heterocycles. The number of nitrogens with two attached hydrogens (primary N) is 1. The van der Waals surface area contributed by atoms with Crippen LogP contribution in [0.15, 0.2) is 35.1 Å². The van der Waals surface area contributed by atoms with Crippen molar-refractivity contribution in [2.24, 2.45) is 5.73 Å². The molecule has 2 aromatic rings. The van der Waals surface area contributed by atoms with Crippen LogP contribution in [0.25, 0.3) is 0 Å². The van der Waals surface area contributed by atoms with Gasteiger partial charge in [0.15, 0.2) is 0 Å². The molecule has 0 aliphatic heterocycles. The molecule has 96 valence electrons. The number of hydrogen-bond acceptors (Lipinski definition) is 2. The first-order chi connectivity index (χ1) is 8.63. The standard InChI is InChI=1S/C13H15BrIN3/c1-2-6-18-7-5-17-13(18)12(16)10-8-9(14)3-4-11(10)15/h3-5,7-8,12H,2,6,16H2,1H3. The van der Waals surface area contributed by atoms with Gasteiger partial charge in [0.2, 0.25) is 0 Å². The first kappa shape index (κ1) is 14.0. The van der Waals surface area contributed by atoms with E-state index < -0.39 is 0 Å². The second-order valence-corrected chi connectivity index (χ2v) is 6.20. The third-order valence-electron chi connectivity index (χ3n) is 2.78. The van der Waals surface area contributed by atoms with Gasteiger partial charge < -0.3 is 10.3 Å². The van der Waals surface area contributed by atoms with Crippen LogP contribution < -0.4 is 5.73 Å². The highest BCUT2D eigenvalue weighted by Gasteiger charge is 2.17. The highest BCUT2D eigenvalue weighted by Crippen LogP contribution is 2.26. The lowest BCUT2D eigenvalue weighted by molar-refractivity contribution is 0.612. The van der Waals surface area contributed by atoms with E-state index in [1.54, 1.807) is 0 Å². The van der Waals surface area contributed by atoms with E-state index in [1.807, 2.05) is 18.5 Å². The summed E-state index contributed by atoms with van der Waals surface area (Å²) in [6, 6.07) is 5.97. The maximum Gasteiger partial charge on any atom is 0.130 e. The molecule has 5 heteroatoms. The zero-order chi connectivity index (χ0) is 13.1. The summed E-state index contributed by atoms with van der Waals surface area (Å²) in [6.45, 7) is 3.10. The van der Waals surface area contributed by atoms with E-state index in [9.17, 15) is 0 Å². The van der Waals surface area contributed by atoms with Crippen LogP contribution in [0.4, 0.5) is 0 Å². The first-order valence-corrected chi connectivity index (χ1v) is 7.72. The monoisotopic (exact) mass is 419 g/mol. The Kier molecular flexibility index (Phi) is 4.80. The van der Waals surface area contributed by atoms with Crippen LogP contribution in [0.2, 0.25) is 0 Å². The van der Waals surface area contributed by atoms with Crippen LogP contribution in [-0.2, 0) is 6.54 Å². The molecule has 2 N–H and O–H groups in total. The maximum absolute atomic E-state index is 6.35. The summed E-state index contributed by atoms with van der Waals surface area (Å²) in [6.07, 6.45) is 4.88. The van der Waals surface area contributed by atoms with Gasteiger partial charge in [-0.1, -0.05) is 22.9 Å². The van der Waals surface area contributed by atoms with Gasteiger partial charge >= 0.3 is 0 Å². The molecular weight excluding hydrogens is 405 g/mol. The number of nitrogens with zero attached hydrogens (tertiary/aromatic N) is 2. The quantitative estimate of drug-likeness (QED) is 0.767. The van der Waals surface area contributed by atoms with Crippen molar-refractivity contribution in [2.45, 2.75) is 25.9 Å². The largest absolute Gasteiger partial charge is 0.333 e. The minimum atomic E-state index is -0.184. The number of halogens is 2. The topological polar surface area (TPSA) is 43.8 Å². The fourth-order valence-corrected chi connectivity index (χ4v) is 2.97. The van der Waals surface area contributed by atoms with Gasteiger partial charge in [-0.05, 0) is 52.8 Å². The van der Waals surface area contributed by atoms with Crippen molar-refractivity contribution < 1.29 is 0 Å². The lowest BCUT2D eigenvalue weighted by atomic mass is 10.1. The van der Waals surface area contributed by atoms with Gasteiger partial charge in [0.1, 0.15) is 5.82 Å². The number of rotatable bonds is 4. The van der Waals surface area contributed by atoms with E-state index in [0.717, 1.165) is 32.4 Å². The first-order valence-electron chi connectivity index (χ1n) is 5.85. The average molecular weight is 420 g/mol. The third kappa shape index (κ3) is 2.95. The van der Waals surface area contributed by atoms with Gasteiger partial charge in [-0.3, -0.25) is 0 Å². The lowest BCUT2D eigenvalue weighted by Gasteiger charge is -2.16. The summed E-state index contributed by atoms with van der Waals surface area (Å²) in [5.74, 6) is 0.924. The Balaban J connectivity index is 2.38. The Morgan fingerprint density at radius 1 is 1.50 bits per heavy atom. The SMILES string of the molecule is CCCn1ccnc1C(N)c1cc(Br)ccc1I. The second-order valence-electron chi connectivity index (χ2n) is 4.12. The highest BCUT2D eigenvalue weighted by molar-refractivity contribution is 14.1. The second kappa shape index (κ2) is 6.16. The summed E-state index contributed by atoms with van der Waals surface area (Å²) in [7, 11) is 0. The van der Waals surface area contributed by atoms with Crippen molar-refractivity contribution in [3.63, 3.8) is 0 Å². The minimum absolute atomic E-state index is 0.184. The average Bonchev–Trinajstić information content (AvgIpc) is 2.80. The summed E-state index contributed by atoms with van der Waals surface area (Å²) in [5.41, 5.74) is 7.46. The summed E-state index contributed by atoms with van der Waals surface area (Å²) >= 11 is 5.80. The van der Waals surface area contributed by atoms with Gasteiger partial charge in [0, 0.05) is 27.0 Å². The summed E-state index contributed by atoms with van der Waals surface area (Å²) in [5, 5.41) is 0. The Hall–Kier alpha value is -0.400. The number of benzene rings is 1. The lowest BCUT2D eigenvalue weighted by Crippen LogP contribution is -2.19. The molecule has 3 nitrogen and oxygen atoms in total. The van der Waals surface area contributed by atoms with E-state index in [4.69, 9.17) is 5.73 Å². The van der Waals surface area contributed by atoms with E-state index in [-0.39, 0.29) is 6.04 Å². The van der Waals surface area contributed by atoms with Gasteiger partial charge in [-0.2, -0.15) is 0 Å². The van der Waals surface area contributed by atoms with Crippen molar-refractivity contribution >= 4 is 38.5 Å². The minimum Gasteiger partial charge on any atom is -0.333 e. The molecule has 0 radical (unpaired) electrons. The fraction of sp³-hybridized carbons (Fsp3) is 0.308. The molecular formula is C13H15BrIN3. The van der Waals surface area contributed by atoms with E-state index in [2.05, 4.69) is 67.1 Å². The molecule has 0 fully saturated rings. The molecule has 0 bridgehead atoms. The van der Waals surface area contributed by atoms with E-state index in [0.29, 0.717) is 0 Å². The molecule has 18 heavy (non-hydrogen) atoms. The summed E-state index contributed by atoms with van der Waals surface area (Å²) in [4.78, 5) is 4.40. The number of aryl methyl sites for hydroxylation is 1. The molecule has 0 saturated carbocycles. The molecule has 0 saturated heterocycles. The van der Waals surface area contributed by atoms with E-state index in [1.165, 1.54) is 0 Å². The molecule has 1 aromatic heterocycles. The van der Waals surface area contributed by atoms with Crippen LogP contribution in [0.1, 0.15) is 30.8 Å².